The molecule has 0 unspecified atom stereocenters. The highest BCUT2D eigenvalue weighted by atomic mass is 19.4. The Balaban J connectivity index is 2.05. The lowest BCUT2D eigenvalue weighted by atomic mass is 9.79. The molecular weight excluding hydrogens is 267 g/mol. The SMILES string of the molecule is N#Cc1cc(F)c(N[C@H]2C[C@@H](C(F)(F)F)C2)c(F)c1. The largest absolute Gasteiger partial charge is 0.391 e. The predicted molar refractivity (Wildman–Crippen MR) is 57.3 cm³/mol. The van der Waals surface area contributed by atoms with Gasteiger partial charge < -0.3 is 5.32 Å². The van der Waals surface area contributed by atoms with Gasteiger partial charge in [0.25, 0.3) is 0 Å². The molecule has 1 aliphatic rings. The van der Waals surface area contributed by atoms with E-state index in [0.717, 1.165) is 12.1 Å². The summed E-state index contributed by atoms with van der Waals surface area (Å²) >= 11 is 0. The summed E-state index contributed by atoms with van der Waals surface area (Å²) in [6, 6.07) is 2.66. The van der Waals surface area contributed by atoms with Crippen LogP contribution in [0.15, 0.2) is 12.1 Å². The van der Waals surface area contributed by atoms with Crippen molar-refractivity contribution >= 4 is 5.69 Å². The van der Waals surface area contributed by atoms with Gasteiger partial charge in [0.15, 0.2) is 11.6 Å². The van der Waals surface area contributed by atoms with Crippen molar-refractivity contribution in [3.8, 4) is 6.07 Å². The van der Waals surface area contributed by atoms with Gasteiger partial charge in [-0.15, -0.1) is 0 Å². The van der Waals surface area contributed by atoms with Crippen LogP contribution in [0.2, 0.25) is 0 Å². The Bertz CT molecular complexity index is 503. The molecule has 2 nitrogen and oxygen atoms in total. The van der Waals surface area contributed by atoms with Crippen molar-refractivity contribution < 1.29 is 22.0 Å². The lowest BCUT2D eigenvalue weighted by Gasteiger charge is -2.37. The molecule has 0 atom stereocenters. The third-order valence-corrected chi connectivity index (χ3v) is 3.12. The van der Waals surface area contributed by atoms with E-state index in [-0.39, 0.29) is 18.4 Å². The first-order chi connectivity index (χ1) is 8.81. The van der Waals surface area contributed by atoms with Crippen molar-refractivity contribution in [1.29, 1.82) is 5.26 Å². The van der Waals surface area contributed by atoms with Gasteiger partial charge in [0.05, 0.1) is 17.6 Å². The normalized spacial score (nSPS) is 22.5. The molecule has 0 heterocycles. The molecule has 7 heteroatoms. The van der Waals surface area contributed by atoms with E-state index in [1.807, 2.05) is 0 Å². The number of nitriles is 1. The Morgan fingerprint density at radius 3 is 2.11 bits per heavy atom. The highest BCUT2D eigenvalue weighted by Gasteiger charge is 2.48. The molecule has 102 valence electrons. The predicted octanol–water partition coefficient (Wildman–Crippen LogP) is 3.59. The molecule has 0 aromatic heterocycles. The molecule has 1 fully saturated rings. The molecule has 0 saturated heterocycles. The standard InChI is InChI=1S/C12H9F5N2/c13-9-1-6(5-18)2-10(14)11(9)19-8-3-7(4-8)12(15,16)17/h1-2,7-8,19H,3-4H2/t7-,8+. The van der Waals surface area contributed by atoms with Crippen LogP contribution < -0.4 is 5.32 Å². The first-order valence-corrected chi connectivity index (χ1v) is 5.53. The van der Waals surface area contributed by atoms with E-state index in [0.29, 0.717) is 0 Å². The van der Waals surface area contributed by atoms with Crippen LogP contribution in [0.5, 0.6) is 0 Å². The minimum Gasteiger partial charge on any atom is -0.378 e. The van der Waals surface area contributed by atoms with Crippen LogP contribution in [0.25, 0.3) is 0 Å². The summed E-state index contributed by atoms with van der Waals surface area (Å²) in [5, 5.41) is 10.9. The fourth-order valence-electron chi connectivity index (χ4n) is 1.98. The van der Waals surface area contributed by atoms with E-state index in [2.05, 4.69) is 5.32 Å². The van der Waals surface area contributed by atoms with Gasteiger partial charge in [0, 0.05) is 6.04 Å². The third-order valence-electron chi connectivity index (χ3n) is 3.12. The summed E-state index contributed by atoms with van der Waals surface area (Å²) in [7, 11) is 0. The number of rotatable bonds is 2. The molecule has 1 aromatic rings. The Morgan fingerprint density at radius 1 is 1.16 bits per heavy atom. The van der Waals surface area contributed by atoms with Crippen LogP contribution in [0.3, 0.4) is 0 Å². The third kappa shape index (κ3) is 2.78. The fourth-order valence-corrected chi connectivity index (χ4v) is 1.98. The monoisotopic (exact) mass is 276 g/mol. The average Bonchev–Trinajstić information content (AvgIpc) is 2.23. The molecule has 0 bridgehead atoms. The topological polar surface area (TPSA) is 35.8 Å². The van der Waals surface area contributed by atoms with E-state index in [1.165, 1.54) is 0 Å². The number of hydrogen-bond donors (Lipinski definition) is 1. The highest BCUT2D eigenvalue weighted by Crippen LogP contribution is 2.42. The van der Waals surface area contributed by atoms with Crippen molar-refractivity contribution in [2.75, 3.05) is 5.32 Å². The number of nitrogens with zero attached hydrogens (tertiary/aromatic N) is 1. The van der Waals surface area contributed by atoms with Crippen LogP contribution in [0.4, 0.5) is 27.6 Å². The lowest BCUT2D eigenvalue weighted by Crippen LogP contribution is -2.43. The minimum atomic E-state index is -4.26. The van der Waals surface area contributed by atoms with Gasteiger partial charge in [0.2, 0.25) is 0 Å². The molecule has 1 N–H and O–H groups in total. The molecule has 19 heavy (non-hydrogen) atoms. The van der Waals surface area contributed by atoms with Crippen molar-refractivity contribution in [2.24, 2.45) is 5.92 Å². The quantitative estimate of drug-likeness (QED) is 0.838. The molecule has 1 aromatic carbocycles. The number of nitrogens with one attached hydrogen (secondary N) is 1. The number of alkyl halides is 3. The molecule has 0 radical (unpaired) electrons. The van der Waals surface area contributed by atoms with E-state index < -0.39 is 35.5 Å². The van der Waals surface area contributed by atoms with Crippen LogP contribution in [-0.4, -0.2) is 12.2 Å². The number of benzene rings is 1. The second-order valence-electron chi connectivity index (χ2n) is 4.48. The molecule has 1 aliphatic carbocycles. The summed E-state index contributed by atoms with van der Waals surface area (Å²) in [6.45, 7) is 0. The first kappa shape index (κ1) is 13.6. The molecule has 1 saturated carbocycles. The fraction of sp³-hybridized carbons (Fsp3) is 0.417. The number of halogens is 5. The second-order valence-corrected chi connectivity index (χ2v) is 4.48. The van der Waals surface area contributed by atoms with Gasteiger partial charge in [-0.05, 0) is 25.0 Å². The average molecular weight is 276 g/mol. The summed E-state index contributed by atoms with van der Waals surface area (Å²) in [4.78, 5) is 0. The van der Waals surface area contributed by atoms with Gasteiger partial charge in [-0.1, -0.05) is 0 Å². The van der Waals surface area contributed by atoms with Crippen LogP contribution in [0, 0.1) is 28.9 Å². The lowest BCUT2D eigenvalue weighted by molar-refractivity contribution is -0.195. The van der Waals surface area contributed by atoms with Crippen molar-refractivity contribution in [1.82, 2.24) is 0 Å². The second kappa shape index (κ2) is 4.68. The Hall–Kier alpha value is -1.84. The minimum absolute atomic E-state index is 0.178. The summed E-state index contributed by atoms with van der Waals surface area (Å²) < 4.78 is 63.7. The molecular formula is C12H9F5N2. The number of anilines is 1. The van der Waals surface area contributed by atoms with E-state index in [4.69, 9.17) is 5.26 Å². The summed E-state index contributed by atoms with van der Waals surface area (Å²) in [5.74, 6) is -3.38. The van der Waals surface area contributed by atoms with Gasteiger partial charge in [-0.3, -0.25) is 0 Å². The van der Waals surface area contributed by atoms with Crippen LogP contribution in [-0.2, 0) is 0 Å². The van der Waals surface area contributed by atoms with E-state index in [9.17, 15) is 22.0 Å². The maximum atomic E-state index is 13.5. The Morgan fingerprint density at radius 2 is 1.68 bits per heavy atom. The molecule has 2 rings (SSSR count). The zero-order valence-corrected chi connectivity index (χ0v) is 9.56. The van der Waals surface area contributed by atoms with Crippen molar-refractivity contribution in [2.45, 2.75) is 25.1 Å². The van der Waals surface area contributed by atoms with Gasteiger partial charge in [0.1, 0.15) is 5.69 Å². The Labute approximate surface area is 105 Å². The van der Waals surface area contributed by atoms with Crippen molar-refractivity contribution in [3.63, 3.8) is 0 Å². The number of hydrogen-bond acceptors (Lipinski definition) is 2. The van der Waals surface area contributed by atoms with Crippen molar-refractivity contribution in [3.05, 3.63) is 29.3 Å². The zero-order valence-electron chi connectivity index (χ0n) is 9.56. The summed E-state index contributed by atoms with van der Waals surface area (Å²) in [6.07, 6.45) is -4.68. The van der Waals surface area contributed by atoms with E-state index in [1.54, 1.807) is 6.07 Å². The van der Waals surface area contributed by atoms with Crippen LogP contribution in [0.1, 0.15) is 18.4 Å². The zero-order chi connectivity index (χ0) is 14.2. The van der Waals surface area contributed by atoms with Gasteiger partial charge in [-0.25, -0.2) is 8.78 Å². The molecule has 0 spiro atoms. The molecule has 0 amide bonds. The van der Waals surface area contributed by atoms with Gasteiger partial charge >= 0.3 is 6.18 Å². The maximum Gasteiger partial charge on any atom is 0.391 e. The highest BCUT2D eigenvalue weighted by molar-refractivity contribution is 5.51. The summed E-state index contributed by atoms with van der Waals surface area (Å²) in [5.41, 5.74) is -0.660. The maximum absolute atomic E-state index is 13.5. The van der Waals surface area contributed by atoms with Crippen LogP contribution >= 0.6 is 0 Å². The van der Waals surface area contributed by atoms with Gasteiger partial charge in [-0.2, -0.15) is 18.4 Å². The Kier molecular flexibility index (Phi) is 3.35. The smallest absolute Gasteiger partial charge is 0.378 e. The first-order valence-electron chi connectivity index (χ1n) is 5.53. The molecule has 0 aliphatic heterocycles. The van der Waals surface area contributed by atoms with E-state index >= 15 is 0 Å².